The van der Waals surface area contributed by atoms with Gasteiger partial charge in [-0.3, -0.25) is 4.79 Å². The molecule has 1 aliphatic heterocycles. The average Bonchev–Trinajstić information content (AvgIpc) is 2.87. The van der Waals surface area contributed by atoms with Crippen LogP contribution in [0.15, 0.2) is 24.3 Å². The van der Waals surface area contributed by atoms with Gasteiger partial charge in [-0.1, -0.05) is 12.1 Å². The van der Waals surface area contributed by atoms with E-state index in [1.807, 2.05) is 6.92 Å². The van der Waals surface area contributed by atoms with Crippen LogP contribution >= 0.6 is 11.8 Å². The van der Waals surface area contributed by atoms with Crippen molar-refractivity contribution in [3.8, 4) is 0 Å². The van der Waals surface area contributed by atoms with E-state index in [2.05, 4.69) is 0 Å². The monoisotopic (exact) mass is 327 g/mol. The van der Waals surface area contributed by atoms with E-state index in [1.165, 1.54) is 12.1 Å². The van der Waals surface area contributed by atoms with Gasteiger partial charge in [-0.15, -0.1) is 0 Å². The second-order valence-electron chi connectivity index (χ2n) is 5.29. The molecule has 0 spiro atoms. The molecule has 0 unspecified atom stereocenters. The average molecular weight is 327 g/mol. The summed E-state index contributed by atoms with van der Waals surface area (Å²) in [5, 5.41) is 9.83. The molecular formula is C16H22FNO3S. The van der Waals surface area contributed by atoms with Crippen LogP contribution in [0.1, 0.15) is 18.9 Å². The Balaban J connectivity index is 1.67. The van der Waals surface area contributed by atoms with E-state index in [9.17, 15) is 14.3 Å². The normalized spacial score (nSPS) is 21.3. The van der Waals surface area contributed by atoms with Crippen LogP contribution in [0.2, 0.25) is 0 Å². The summed E-state index contributed by atoms with van der Waals surface area (Å²) in [5.41, 5.74) is 1.05. The first-order chi connectivity index (χ1) is 10.6. The number of hydrogen-bond acceptors (Lipinski definition) is 4. The highest BCUT2D eigenvalue weighted by Crippen LogP contribution is 2.17. The number of nitrogens with zero attached hydrogens (tertiary/aromatic N) is 1. The van der Waals surface area contributed by atoms with E-state index in [-0.39, 0.29) is 17.8 Å². The maximum Gasteiger partial charge on any atom is 0.223 e. The molecule has 122 valence electrons. The van der Waals surface area contributed by atoms with E-state index in [0.29, 0.717) is 31.9 Å². The topological polar surface area (TPSA) is 49.8 Å². The standard InChI is InChI=1S/C16H22FNO3S/c1-2-21-15-10-18(9-14(15)19)16(20)7-8-22-11-12-3-5-13(17)6-4-12/h3-6,14-15,19H,2,7-11H2,1H3/t14-,15-/m1/s1. The molecular weight excluding hydrogens is 305 g/mol. The smallest absolute Gasteiger partial charge is 0.223 e. The van der Waals surface area contributed by atoms with Crippen LogP contribution in [0.25, 0.3) is 0 Å². The Kier molecular flexibility index (Phi) is 6.67. The molecule has 0 aliphatic carbocycles. The first-order valence-electron chi connectivity index (χ1n) is 7.49. The number of thioether (sulfide) groups is 1. The summed E-state index contributed by atoms with van der Waals surface area (Å²) in [6.45, 7) is 3.24. The number of halogens is 1. The van der Waals surface area contributed by atoms with E-state index in [0.717, 1.165) is 11.3 Å². The number of ether oxygens (including phenoxy) is 1. The molecule has 0 bridgehead atoms. The Labute approximate surface area is 134 Å². The summed E-state index contributed by atoms with van der Waals surface area (Å²) >= 11 is 1.65. The Bertz CT molecular complexity index is 483. The van der Waals surface area contributed by atoms with Crippen LogP contribution in [0.5, 0.6) is 0 Å². The number of carbonyl (C=O) groups is 1. The van der Waals surface area contributed by atoms with Crippen molar-refractivity contribution in [2.45, 2.75) is 31.3 Å². The van der Waals surface area contributed by atoms with Crippen LogP contribution in [-0.4, -0.2) is 53.6 Å². The number of β-amino-alcohol motifs (C(OH)–C–C–N with tert-alkyl or cyclic N) is 1. The summed E-state index contributed by atoms with van der Waals surface area (Å²) < 4.78 is 18.2. The number of benzene rings is 1. The van der Waals surface area contributed by atoms with Gasteiger partial charge in [0.15, 0.2) is 0 Å². The molecule has 1 saturated heterocycles. The van der Waals surface area contributed by atoms with Crippen molar-refractivity contribution in [3.63, 3.8) is 0 Å². The Morgan fingerprint density at radius 3 is 2.82 bits per heavy atom. The predicted molar refractivity (Wildman–Crippen MR) is 85.2 cm³/mol. The molecule has 0 radical (unpaired) electrons. The lowest BCUT2D eigenvalue weighted by atomic mass is 10.2. The van der Waals surface area contributed by atoms with Crippen molar-refractivity contribution >= 4 is 17.7 Å². The van der Waals surface area contributed by atoms with Gasteiger partial charge in [0.05, 0.1) is 6.10 Å². The fourth-order valence-electron chi connectivity index (χ4n) is 2.43. The van der Waals surface area contributed by atoms with Crippen LogP contribution in [0.4, 0.5) is 4.39 Å². The molecule has 6 heteroatoms. The van der Waals surface area contributed by atoms with Crippen LogP contribution in [0.3, 0.4) is 0 Å². The minimum atomic E-state index is -0.587. The molecule has 2 atom stereocenters. The summed E-state index contributed by atoms with van der Waals surface area (Å²) in [5.74, 6) is 1.29. The molecule has 4 nitrogen and oxygen atoms in total. The number of carbonyl (C=O) groups excluding carboxylic acids is 1. The predicted octanol–water partition coefficient (Wildman–Crippen LogP) is 2.06. The van der Waals surface area contributed by atoms with Gasteiger partial charge in [-0.05, 0) is 24.6 Å². The zero-order valence-electron chi connectivity index (χ0n) is 12.7. The van der Waals surface area contributed by atoms with Crippen LogP contribution in [0, 0.1) is 5.82 Å². The third-order valence-corrected chi connectivity index (χ3v) is 4.64. The molecule has 1 aromatic carbocycles. The molecule has 0 aromatic heterocycles. The molecule has 1 aromatic rings. The quantitative estimate of drug-likeness (QED) is 0.779. The molecule has 22 heavy (non-hydrogen) atoms. The molecule has 1 fully saturated rings. The first kappa shape index (κ1) is 17.2. The minimum Gasteiger partial charge on any atom is -0.388 e. The first-order valence-corrected chi connectivity index (χ1v) is 8.65. The largest absolute Gasteiger partial charge is 0.388 e. The van der Waals surface area contributed by atoms with Crippen LogP contribution < -0.4 is 0 Å². The number of rotatable bonds is 7. The third kappa shape index (κ3) is 4.97. The number of aliphatic hydroxyl groups is 1. The van der Waals surface area contributed by atoms with Gasteiger partial charge >= 0.3 is 0 Å². The summed E-state index contributed by atoms with van der Waals surface area (Å²) in [6.07, 6.45) is -0.408. The molecule has 1 heterocycles. The Morgan fingerprint density at radius 1 is 1.41 bits per heavy atom. The number of hydrogen-bond donors (Lipinski definition) is 1. The summed E-state index contributed by atoms with van der Waals surface area (Å²) in [6, 6.07) is 6.41. The molecule has 1 amide bonds. The van der Waals surface area contributed by atoms with Gasteiger partial charge < -0.3 is 14.7 Å². The van der Waals surface area contributed by atoms with E-state index in [1.54, 1.807) is 28.8 Å². The highest BCUT2D eigenvalue weighted by atomic mass is 32.2. The van der Waals surface area contributed by atoms with Gasteiger partial charge in [0, 0.05) is 37.6 Å². The lowest BCUT2D eigenvalue weighted by Gasteiger charge is -2.15. The maximum atomic E-state index is 12.8. The van der Waals surface area contributed by atoms with Crippen molar-refractivity contribution < 1.29 is 19.0 Å². The number of aliphatic hydroxyl groups excluding tert-OH is 1. The lowest BCUT2D eigenvalue weighted by molar-refractivity contribution is -0.130. The van der Waals surface area contributed by atoms with E-state index in [4.69, 9.17) is 4.74 Å². The lowest BCUT2D eigenvalue weighted by Crippen LogP contribution is -2.30. The molecule has 1 aliphatic rings. The highest BCUT2D eigenvalue weighted by molar-refractivity contribution is 7.98. The number of amides is 1. The second kappa shape index (κ2) is 8.50. The van der Waals surface area contributed by atoms with Gasteiger partial charge in [-0.2, -0.15) is 11.8 Å². The van der Waals surface area contributed by atoms with Crippen molar-refractivity contribution in [2.24, 2.45) is 0 Å². The van der Waals surface area contributed by atoms with E-state index >= 15 is 0 Å². The van der Waals surface area contributed by atoms with Crippen LogP contribution in [-0.2, 0) is 15.3 Å². The van der Waals surface area contributed by atoms with Crippen molar-refractivity contribution in [1.29, 1.82) is 0 Å². The van der Waals surface area contributed by atoms with Gasteiger partial charge in [0.1, 0.15) is 11.9 Å². The highest BCUT2D eigenvalue weighted by Gasteiger charge is 2.33. The zero-order chi connectivity index (χ0) is 15.9. The van der Waals surface area contributed by atoms with Gasteiger partial charge in [0.25, 0.3) is 0 Å². The zero-order valence-corrected chi connectivity index (χ0v) is 13.5. The Morgan fingerprint density at radius 2 is 2.14 bits per heavy atom. The second-order valence-corrected chi connectivity index (χ2v) is 6.39. The molecule has 1 N–H and O–H groups in total. The molecule has 0 saturated carbocycles. The maximum absolute atomic E-state index is 12.8. The Hall–Kier alpha value is -1.11. The van der Waals surface area contributed by atoms with Crippen molar-refractivity contribution in [2.75, 3.05) is 25.4 Å². The third-order valence-electron chi connectivity index (χ3n) is 3.61. The van der Waals surface area contributed by atoms with Crippen molar-refractivity contribution in [1.82, 2.24) is 4.90 Å². The summed E-state index contributed by atoms with van der Waals surface area (Å²) in [7, 11) is 0. The number of likely N-dealkylation sites (tertiary alicyclic amines) is 1. The SMILES string of the molecule is CCO[C@@H]1CN(C(=O)CCSCc2ccc(F)cc2)C[C@H]1O. The van der Waals surface area contributed by atoms with Gasteiger partial charge in [0.2, 0.25) is 5.91 Å². The van der Waals surface area contributed by atoms with E-state index < -0.39 is 6.10 Å². The summed E-state index contributed by atoms with van der Waals surface area (Å²) in [4.78, 5) is 13.8. The fraction of sp³-hybridized carbons (Fsp3) is 0.562. The minimum absolute atomic E-state index is 0.0489. The van der Waals surface area contributed by atoms with Gasteiger partial charge in [-0.25, -0.2) is 4.39 Å². The fourth-order valence-corrected chi connectivity index (χ4v) is 3.32. The molecule has 2 rings (SSSR count). The van der Waals surface area contributed by atoms with Crippen molar-refractivity contribution in [3.05, 3.63) is 35.6 Å².